The second-order valence-electron chi connectivity index (χ2n) is 6.00. The molecule has 0 aliphatic carbocycles. The van der Waals surface area contributed by atoms with Crippen LogP contribution >= 0.6 is 15.9 Å². The predicted octanol–water partition coefficient (Wildman–Crippen LogP) is 4.16. The molecule has 1 heterocycles. The van der Waals surface area contributed by atoms with E-state index in [2.05, 4.69) is 21.0 Å². The van der Waals surface area contributed by atoms with Gasteiger partial charge in [-0.25, -0.2) is 9.59 Å². The minimum atomic E-state index is -0.637. The molecule has 2 rings (SSSR count). The molecular weight excluding hydrogens is 376 g/mol. The molecule has 0 saturated carbocycles. The summed E-state index contributed by atoms with van der Waals surface area (Å²) < 4.78 is 12.2. The standard InChI is InChI=1S/C17H19BrN2O4/c1-5-23-14(21)10-9-12-15-11(18)7-6-8-13(15)20(19-12)16(22)24-17(2,3)4/h6-10H,5H2,1-4H3/b10-9+. The Bertz CT molecular complexity index is 803. The van der Waals surface area contributed by atoms with Gasteiger partial charge in [0, 0.05) is 15.9 Å². The van der Waals surface area contributed by atoms with Gasteiger partial charge in [-0.2, -0.15) is 9.78 Å². The highest BCUT2D eigenvalue weighted by atomic mass is 79.9. The van der Waals surface area contributed by atoms with Crippen molar-refractivity contribution in [3.05, 3.63) is 34.4 Å². The third-order valence-electron chi connectivity index (χ3n) is 2.91. The number of carbonyl (C=O) groups is 2. The number of fused-ring (bicyclic) bond motifs is 1. The van der Waals surface area contributed by atoms with Crippen molar-refractivity contribution in [2.75, 3.05) is 6.61 Å². The van der Waals surface area contributed by atoms with Crippen LogP contribution in [0.3, 0.4) is 0 Å². The lowest BCUT2D eigenvalue weighted by Crippen LogP contribution is -2.27. The third-order valence-corrected chi connectivity index (χ3v) is 3.57. The number of ether oxygens (including phenoxy) is 2. The minimum absolute atomic E-state index is 0.292. The number of nitrogens with zero attached hydrogens (tertiary/aromatic N) is 2. The fourth-order valence-electron chi connectivity index (χ4n) is 2.05. The van der Waals surface area contributed by atoms with Crippen molar-refractivity contribution >= 4 is 45.0 Å². The lowest BCUT2D eigenvalue weighted by molar-refractivity contribution is -0.137. The predicted molar refractivity (Wildman–Crippen MR) is 94.7 cm³/mol. The summed E-state index contributed by atoms with van der Waals surface area (Å²) in [5.74, 6) is -0.468. The number of aromatic nitrogens is 2. The quantitative estimate of drug-likeness (QED) is 0.577. The van der Waals surface area contributed by atoms with Crippen molar-refractivity contribution in [3.63, 3.8) is 0 Å². The first kappa shape index (κ1) is 18.2. The van der Waals surface area contributed by atoms with Crippen LogP contribution in [-0.4, -0.2) is 34.1 Å². The normalized spacial score (nSPS) is 11.9. The Hall–Kier alpha value is -2.15. The maximum absolute atomic E-state index is 12.4. The minimum Gasteiger partial charge on any atom is -0.463 e. The van der Waals surface area contributed by atoms with Crippen LogP contribution in [-0.2, 0) is 14.3 Å². The molecule has 0 bridgehead atoms. The van der Waals surface area contributed by atoms with E-state index in [0.717, 1.165) is 4.47 Å². The zero-order valence-corrected chi connectivity index (χ0v) is 15.6. The van der Waals surface area contributed by atoms with E-state index in [1.807, 2.05) is 6.07 Å². The summed E-state index contributed by atoms with van der Waals surface area (Å²) in [5, 5.41) is 5.00. The Morgan fingerprint density at radius 2 is 2.04 bits per heavy atom. The summed E-state index contributed by atoms with van der Waals surface area (Å²) in [6.07, 6.45) is 2.22. The summed E-state index contributed by atoms with van der Waals surface area (Å²) in [6.45, 7) is 7.38. The van der Waals surface area contributed by atoms with E-state index in [1.54, 1.807) is 39.8 Å². The molecule has 0 saturated heterocycles. The van der Waals surface area contributed by atoms with Crippen molar-refractivity contribution in [2.45, 2.75) is 33.3 Å². The van der Waals surface area contributed by atoms with Crippen molar-refractivity contribution in [1.29, 1.82) is 0 Å². The highest BCUT2D eigenvalue weighted by Crippen LogP contribution is 2.28. The molecule has 6 nitrogen and oxygen atoms in total. The second-order valence-corrected chi connectivity index (χ2v) is 6.85. The first-order chi connectivity index (χ1) is 11.2. The number of hydrogen-bond donors (Lipinski definition) is 0. The molecule has 0 amide bonds. The molecule has 2 aromatic rings. The highest BCUT2D eigenvalue weighted by molar-refractivity contribution is 9.10. The molecule has 128 valence electrons. The van der Waals surface area contributed by atoms with E-state index < -0.39 is 17.7 Å². The average molecular weight is 395 g/mol. The van der Waals surface area contributed by atoms with Crippen LogP contribution in [0.2, 0.25) is 0 Å². The first-order valence-electron chi connectivity index (χ1n) is 7.48. The van der Waals surface area contributed by atoms with Crippen molar-refractivity contribution in [2.24, 2.45) is 0 Å². The molecule has 0 unspecified atom stereocenters. The van der Waals surface area contributed by atoms with E-state index >= 15 is 0 Å². The lowest BCUT2D eigenvalue weighted by Gasteiger charge is -2.19. The van der Waals surface area contributed by atoms with E-state index in [1.165, 1.54) is 16.8 Å². The molecule has 1 aromatic heterocycles. The van der Waals surface area contributed by atoms with Gasteiger partial charge in [-0.1, -0.05) is 22.0 Å². The van der Waals surface area contributed by atoms with E-state index in [0.29, 0.717) is 23.2 Å². The van der Waals surface area contributed by atoms with Gasteiger partial charge in [0.1, 0.15) is 5.60 Å². The van der Waals surface area contributed by atoms with Crippen molar-refractivity contribution in [1.82, 2.24) is 9.78 Å². The van der Waals surface area contributed by atoms with Crippen LogP contribution < -0.4 is 0 Å². The molecular formula is C17H19BrN2O4. The largest absolute Gasteiger partial charge is 0.463 e. The van der Waals surface area contributed by atoms with Gasteiger partial charge in [-0.05, 0) is 45.9 Å². The first-order valence-corrected chi connectivity index (χ1v) is 8.27. The van der Waals surface area contributed by atoms with Gasteiger partial charge >= 0.3 is 12.1 Å². The van der Waals surface area contributed by atoms with Gasteiger partial charge in [0.25, 0.3) is 0 Å². The summed E-state index contributed by atoms with van der Waals surface area (Å²) in [5.41, 5.74) is 0.418. The van der Waals surface area contributed by atoms with Gasteiger partial charge in [0.05, 0.1) is 17.8 Å². The Balaban J connectivity index is 2.49. The van der Waals surface area contributed by atoms with Crippen molar-refractivity contribution < 1.29 is 19.1 Å². The van der Waals surface area contributed by atoms with Crippen LogP contribution in [0.4, 0.5) is 4.79 Å². The van der Waals surface area contributed by atoms with Gasteiger partial charge < -0.3 is 9.47 Å². The summed E-state index contributed by atoms with van der Waals surface area (Å²) in [7, 11) is 0. The van der Waals surface area contributed by atoms with Crippen molar-refractivity contribution in [3.8, 4) is 0 Å². The molecule has 0 aliphatic rings. The number of hydrogen-bond acceptors (Lipinski definition) is 5. The maximum atomic E-state index is 12.4. The molecule has 0 fully saturated rings. The second kappa shape index (κ2) is 7.17. The maximum Gasteiger partial charge on any atom is 0.435 e. The number of benzene rings is 1. The molecule has 0 atom stereocenters. The molecule has 0 N–H and O–H groups in total. The molecule has 7 heteroatoms. The van der Waals surface area contributed by atoms with Crippen LogP contribution in [0.25, 0.3) is 17.0 Å². The Morgan fingerprint density at radius 3 is 2.67 bits per heavy atom. The number of carbonyl (C=O) groups excluding carboxylic acids is 2. The van der Waals surface area contributed by atoms with Crippen LogP contribution in [0.5, 0.6) is 0 Å². The molecule has 0 aliphatic heterocycles. The molecule has 0 radical (unpaired) electrons. The third kappa shape index (κ3) is 4.23. The van der Waals surface area contributed by atoms with Crippen LogP contribution in [0.15, 0.2) is 28.7 Å². The Labute approximate surface area is 148 Å². The molecule has 0 spiro atoms. The van der Waals surface area contributed by atoms with E-state index in [-0.39, 0.29) is 0 Å². The summed E-state index contributed by atoms with van der Waals surface area (Å²) >= 11 is 3.45. The van der Waals surface area contributed by atoms with Crippen LogP contribution in [0, 0.1) is 0 Å². The van der Waals surface area contributed by atoms with Gasteiger partial charge in [-0.15, -0.1) is 0 Å². The van der Waals surface area contributed by atoms with E-state index in [9.17, 15) is 9.59 Å². The average Bonchev–Trinajstić information content (AvgIpc) is 2.84. The summed E-state index contributed by atoms with van der Waals surface area (Å²) in [6, 6.07) is 5.40. The smallest absolute Gasteiger partial charge is 0.435 e. The fraction of sp³-hybridized carbons (Fsp3) is 0.353. The zero-order chi connectivity index (χ0) is 17.9. The zero-order valence-electron chi connectivity index (χ0n) is 14.0. The fourth-order valence-corrected chi connectivity index (χ4v) is 2.61. The molecule has 24 heavy (non-hydrogen) atoms. The highest BCUT2D eigenvalue weighted by Gasteiger charge is 2.22. The molecule has 1 aromatic carbocycles. The number of halogens is 1. The van der Waals surface area contributed by atoms with Gasteiger partial charge in [0.2, 0.25) is 0 Å². The SMILES string of the molecule is CCOC(=O)/C=C/c1nn(C(=O)OC(C)(C)C)c2cccc(Br)c12. The number of esters is 1. The number of rotatable bonds is 3. The van der Waals surface area contributed by atoms with Crippen LogP contribution in [0.1, 0.15) is 33.4 Å². The Kier molecular flexibility index (Phi) is 5.43. The lowest BCUT2D eigenvalue weighted by atomic mass is 10.2. The van der Waals surface area contributed by atoms with Gasteiger partial charge in [0.15, 0.2) is 0 Å². The monoisotopic (exact) mass is 394 g/mol. The summed E-state index contributed by atoms with van der Waals surface area (Å²) in [4.78, 5) is 23.9. The van der Waals surface area contributed by atoms with E-state index in [4.69, 9.17) is 9.47 Å². The Morgan fingerprint density at radius 1 is 1.33 bits per heavy atom. The van der Waals surface area contributed by atoms with Gasteiger partial charge in [-0.3, -0.25) is 0 Å². The topological polar surface area (TPSA) is 70.4 Å².